The molecule has 0 saturated carbocycles. The molecule has 0 nitrogen and oxygen atoms in total. The van der Waals surface area contributed by atoms with Crippen molar-refractivity contribution in [3.8, 4) is 0 Å². The average molecular weight is 324 g/mol. The van der Waals surface area contributed by atoms with E-state index in [1.165, 1.54) is 5.56 Å². The van der Waals surface area contributed by atoms with Crippen LogP contribution in [0.1, 0.15) is 12.0 Å². The first-order valence-corrected chi connectivity index (χ1v) is 6.03. The number of rotatable bonds is 3. The molecule has 0 fully saturated rings. The highest BCUT2D eigenvalue weighted by atomic mass is 79.9. The van der Waals surface area contributed by atoms with Gasteiger partial charge in [-0.2, -0.15) is 0 Å². The minimum absolute atomic E-state index is 0.669. The predicted molar refractivity (Wildman–Crippen MR) is 66.2 cm³/mol. The molecule has 0 spiro atoms. The van der Waals surface area contributed by atoms with E-state index in [9.17, 15) is 0 Å². The molecule has 1 aromatic rings. The van der Waals surface area contributed by atoms with Crippen LogP contribution < -0.4 is 0 Å². The SMILES string of the molecule is ClCCC=Cc1cc(Br)ccc1Br. The summed E-state index contributed by atoms with van der Waals surface area (Å²) in [4.78, 5) is 0. The van der Waals surface area contributed by atoms with Crippen LogP contribution in [0, 0.1) is 0 Å². The molecule has 0 aliphatic rings. The van der Waals surface area contributed by atoms with Crippen molar-refractivity contribution >= 4 is 49.5 Å². The summed E-state index contributed by atoms with van der Waals surface area (Å²) in [7, 11) is 0. The van der Waals surface area contributed by atoms with Crippen LogP contribution in [0.2, 0.25) is 0 Å². The zero-order valence-electron chi connectivity index (χ0n) is 6.93. The molecule has 1 aromatic carbocycles. The van der Waals surface area contributed by atoms with E-state index in [4.69, 9.17) is 11.6 Å². The fourth-order valence-corrected chi connectivity index (χ4v) is 1.80. The highest BCUT2D eigenvalue weighted by Gasteiger charge is 1.95. The topological polar surface area (TPSA) is 0 Å². The molecule has 0 radical (unpaired) electrons. The van der Waals surface area contributed by atoms with Gasteiger partial charge in [-0.05, 0) is 30.2 Å². The molecule has 70 valence electrons. The zero-order valence-corrected chi connectivity index (χ0v) is 10.9. The van der Waals surface area contributed by atoms with Crippen molar-refractivity contribution in [2.45, 2.75) is 6.42 Å². The summed E-state index contributed by atoms with van der Waals surface area (Å²) in [5.41, 5.74) is 1.17. The maximum Gasteiger partial charge on any atom is 0.0258 e. The maximum absolute atomic E-state index is 5.57. The van der Waals surface area contributed by atoms with Gasteiger partial charge in [-0.3, -0.25) is 0 Å². The molecular weight excluding hydrogens is 315 g/mol. The predicted octanol–water partition coefficient (Wildman–Crippen LogP) is 4.85. The molecule has 0 atom stereocenters. The Bertz CT molecular complexity index is 308. The standard InChI is InChI=1S/C10H9Br2Cl/c11-9-4-5-10(12)8(7-9)3-1-2-6-13/h1,3-5,7H,2,6H2. The van der Waals surface area contributed by atoms with Crippen LogP contribution in [0.3, 0.4) is 0 Å². The molecule has 0 bridgehead atoms. The second-order valence-corrected chi connectivity index (χ2v) is 4.69. The third kappa shape index (κ3) is 3.84. The van der Waals surface area contributed by atoms with Gasteiger partial charge in [0.2, 0.25) is 0 Å². The smallest absolute Gasteiger partial charge is 0.0258 e. The number of halogens is 3. The summed E-state index contributed by atoms with van der Waals surface area (Å²) in [6.07, 6.45) is 5.04. The van der Waals surface area contributed by atoms with Crippen molar-refractivity contribution in [3.05, 3.63) is 38.8 Å². The third-order valence-electron chi connectivity index (χ3n) is 1.53. The zero-order chi connectivity index (χ0) is 9.68. The molecule has 0 aromatic heterocycles. The van der Waals surface area contributed by atoms with Crippen molar-refractivity contribution < 1.29 is 0 Å². The van der Waals surface area contributed by atoms with Crippen LogP contribution in [0.4, 0.5) is 0 Å². The van der Waals surface area contributed by atoms with E-state index >= 15 is 0 Å². The Labute approximate surface area is 100 Å². The Morgan fingerprint density at radius 1 is 1.31 bits per heavy atom. The normalized spacial score (nSPS) is 11.0. The highest BCUT2D eigenvalue weighted by molar-refractivity contribution is 9.11. The van der Waals surface area contributed by atoms with Gasteiger partial charge in [0.25, 0.3) is 0 Å². The van der Waals surface area contributed by atoms with Crippen LogP contribution in [-0.2, 0) is 0 Å². The van der Waals surface area contributed by atoms with Crippen LogP contribution in [0.15, 0.2) is 33.2 Å². The lowest BCUT2D eigenvalue weighted by Gasteiger charge is -1.98. The van der Waals surface area contributed by atoms with Crippen molar-refractivity contribution in [2.24, 2.45) is 0 Å². The van der Waals surface area contributed by atoms with Crippen molar-refractivity contribution in [1.82, 2.24) is 0 Å². The molecule has 0 amide bonds. The summed E-state index contributed by atoms with van der Waals surface area (Å²) in [6.45, 7) is 0. The number of hydrogen-bond acceptors (Lipinski definition) is 0. The molecule has 1 rings (SSSR count). The molecule has 3 heteroatoms. The summed E-state index contributed by atoms with van der Waals surface area (Å²) < 4.78 is 2.18. The lowest BCUT2D eigenvalue weighted by Crippen LogP contribution is -1.76. The largest absolute Gasteiger partial charge is 0.126 e. The summed E-state index contributed by atoms with van der Waals surface area (Å²) >= 11 is 12.5. The number of alkyl halides is 1. The van der Waals surface area contributed by atoms with Crippen molar-refractivity contribution in [2.75, 3.05) is 5.88 Å². The Hall–Kier alpha value is 0.210. The van der Waals surface area contributed by atoms with Crippen LogP contribution in [0.5, 0.6) is 0 Å². The van der Waals surface area contributed by atoms with Gasteiger partial charge in [0.05, 0.1) is 0 Å². The second-order valence-electron chi connectivity index (χ2n) is 2.55. The Morgan fingerprint density at radius 3 is 2.77 bits per heavy atom. The molecule has 13 heavy (non-hydrogen) atoms. The monoisotopic (exact) mass is 322 g/mol. The molecule has 0 unspecified atom stereocenters. The molecule has 0 heterocycles. The summed E-state index contributed by atoms with van der Waals surface area (Å²) in [5, 5.41) is 0. The van der Waals surface area contributed by atoms with E-state index < -0.39 is 0 Å². The van der Waals surface area contributed by atoms with E-state index in [-0.39, 0.29) is 0 Å². The van der Waals surface area contributed by atoms with E-state index in [0.717, 1.165) is 15.4 Å². The third-order valence-corrected chi connectivity index (χ3v) is 2.96. The van der Waals surface area contributed by atoms with E-state index in [0.29, 0.717) is 5.88 Å². The van der Waals surface area contributed by atoms with Gasteiger partial charge >= 0.3 is 0 Å². The average Bonchev–Trinajstić information content (AvgIpc) is 2.11. The molecule has 0 saturated heterocycles. The first-order chi connectivity index (χ1) is 6.24. The van der Waals surface area contributed by atoms with E-state index in [2.05, 4.69) is 50.1 Å². The van der Waals surface area contributed by atoms with E-state index in [1.54, 1.807) is 0 Å². The minimum Gasteiger partial charge on any atom is -0.126 e. The number of allylic oxidation sites excluding steroid dienone is 1. The number of benzene rings is 1. The highest BCUT2D eigenvalue weighted by Crippen LogP contribution is 2.22. The van der Waals surface area contributed by atoms with Gasteiger partial charge < -0.3 is 0 Å². The Kier molecular flexibility index (Phi) is 5.07. The Balaban J connectivity index is 2.81. The first-order valence-electron chi connectivity index (χ1n) is 3.91. The first kappa shape index (κ1) is 11.3. The molecular formula is C10H9Br2Cl. The van der Waals surface area contributed by atoms with E-state index in [1.807, 2.05) is 12.1 Å². The maximum atomic E-state index is 5.57. The van der Waals surface area contributed by atoms with Gasteiger partial charge in [0.15, 0.2) is 0 Å². The van der Waals surface area contributed by atoms with Gasteiger partial charge in [-0.15, -0.1) is 11.6 Å². The summed E-state index contributed by atoms with van der Waals surface area (Å²) in [6, 6.07) is 6.09. The van der Waals surface area contributed by atoms with Gasteiger partial charge in [-0.25, -0.2) is 0 Å². The molecule has 0 N–H and O–H groups in total. The van der Waals surface area contributed by atoms with Crippen LogP contribution in [-0.4, -0.2) is 5.88 Å². The van der Waals surface area contributed by atoms with Crippen molar-refractivity contribution in [3.63, 3.8) is 0 Å². The van der Waals surface area contributed by atoms with Gasteiger partial charge in [0.1, 0.15) is 0 Å². The van der Waals surface area contributed by atoms with Gasteiger partial charge in [0, 0.05) is 14.8 Å². The molecule has 0 aliphatic carbocycles. The second kappa shape index (κ2) is 5.84. The fraction of sp³-hybridized carbons (Fsp3) is 0.200. The quantitative estimate of drug-likeness (QED) is 0.697. The summed E-state index contributed by atoms with van der Waals surface area (Å²) in [5.74, 6) is 0.669. The fourth-order valence-electron chi connectivity index (χ4n) is 0.916. The minimum atomic E-state index is 0.669. The van der Waals surface area contributed by atoms with Crippen LogP contribution >= 0.6 is 43.5 Å². The molecule has 0 aliphatic heterocycles. The number of hydrogen-bond donors (Lipinski definition) is 0. The lowest BCUT2D eigenvalue weighted by atomic mass is 10.2. The lowest BCUT2D eigenvalue weighted by molar-refractivity contribution is 1.24. The van der Waals surface area contributed by atoms with Gasteiger partial charge in [-0.1, -0.05) is 44.0 Å². The van der Waals surface area contributed by atoms with Crippen molar-refractivity contribution in [1.29, 1.82) is 0 Å². The Morgan fingerprint density at radius 2 is 2.08 bits per heavy atom. The van der Waals surface area contributed by atoms with Crippen LogP contribution in [0.25, 0.3) is 6.08 Å².